The molecule has 0 spiro atoms. The van der Waals surface area contributed by atoms with Gasteiger partial charge in [-0.25, -0.2) is 4.79 Å². The number of alkyl carbamates (subject to hydrolysis) is 1. The van der Waals surface area contributed by atoms with Gasteiger partial charge in [-0.15, -0.1) is 0 Å². The molecular formula is C21H31IN2O3S. The lowest BCUT2D eigenvalue weighted by Crippen LogP contribution is -2.40. The normalized spacial score (nSPS) is 10.8. The summed E-state index contributed by atoms with van der Waals surface area (Å²) in [6.07, 6.45) is 1.20. The maximum Gasteiger partial charge on any atom is 0.407 e. The van der Waals surface area contributed by atoms with Gasteiger partial charge in [-0.3, -0.25) is 4.79 Å². The van der Waals surface area contributed by atoms with E-state index >= 15 is 0 Å². The number of rotatable bonds is 5. The number of carbonyl (C=O) groups excluding carboxylic acids is 2. The Morgan fingerprint density at radius 3 is 2.21 bits per heavy atom. The van der Waals surface area contributed by atoms with Crippen LogP contribution in [0.3, 0.4) is 0 Å². The van der Waals surface area contributed by atoms with E-state index in [2.05, 4.69) is 55.1 Å². The topological polar surface area (TPSA) is 67.4 Å². The number of carbonyl (C=O) groups is 2. The third-order valence-corrected chi connectivity index (χ3v) is 3.93. The van der Waals surface area contributed by atoms with Gasteiger partial charge in [0.2, 0.25) is 6.41 Å². The standard InChI is InChI=1S/C13H14INOS.C8H17NO2/c1-13(2,15-10-16)9-12-5-3-11(4-6-12)7-8-17-14;1-6(2)9-7(10)11-8(3,4)5/h3-6,10H,9H2,1-2H3,(H,15,16);6H,1-5H3,(H,9,10). The zero-order chi connectivity index (χ0) is 21.8. The van der Waals surface area contributed by atoms with Crippen LogP contribution in [0, 0.1) is 11.2 Å². The smallest absolute Gasteiger partial charge is 0.407 e. The van der Waals surface area contributed by atoms with Crippen LogP contribution in [0.4, 0.5) is 4.79 Å². The minimum Gasteiger partial charge on any atom is -0.444 e. The number of hydrogen-bond donors (Lipinski definition) is 2. The van der Waals surface area contributed by atoms with Crippen LogP contribution < -0.4 is 10.6 Å². The van der Waals surface area contributed by atoms with Gasteiger partial charge in [0.25, 0.3) is 0 Å². The van der Waals surface area contributed by atoms with Gasteiger partial charge in [0.05, 0.1) is 0 Å². The molecule has 1 aromatic rings. The van der Waals surface area contributed by atoms with Crippen LogP contribution in [-0.2, 0) is 16.0 Å². The van der Waals surface area contributed by atoms with Gasteiger partial charge >= 0.3 is 6.09 Å². The predicted octanol–water partition coefficient (Wildman–Crippen LogP) is 5.07. The molecule has 0 saturated carbocycles. The highest BCUT2D eigenvalue weighted by Gasteiger charge is 2.17. The lowest BCUT2D eigenvalue weighted by molar-refractivity contribution is -0.110. The molecule has 5 nitrogen and oxygen atoms in total. The second kappa shape index (κ2) is 12.9. The number of benzene rings is 1. The van der Waals surface area contributed by atoms with Gasteiger partial charge in [0.1, 0.15) is 5.60 Å². The maximum atomic E-state index is 10.9. The predicted molar refractivity (Wildman–Crippen MR) is 126 cm³/mol. The second-order valence-corrected chi connectivity index (χ2v) is 9.80. The maximum absolute atomic E-state index is 10.9. The summed E-state index contributed by atoms with van der Waals surface area (Å²) in [4.78, 5) is 21.4. The largest absolute Gasteiger partial charge is 0.444 e. The molecule has 28 heavy (non-hydrogen) atoms. The lowest BCUT2D eigenvalue weighted by Gasteiger charge is -2.23. The van der Waals surface area contributed by atoms with Crippen molar-refractivity contribution in [3.63, 3.8) is 0 Å². The van der Waals surface area contributed by atoms with Crippen LogP contribution >= 0.6 is 30.1 Å². The van der Waals surface area contributed by atoms with Crippen molar-refractivity contribution in [1.29, 1.82) is 0 Å². The minimum atomic E-state index is -0.404. The highest BCUT2D eigenvalue weighted by atomic mass is 127. The first-order valence-corrected chi connectivity index (χ1v) is 12.3. The Bertz CT molecular complexity index is 672. The fourth-order valence-corrected chi connectivity index (χ4v) is 2.53. The van der Waals surface area contributed by atoms with Gasteiger partial charge in [-0.05, 0) is 86.8 Å². The van der Waals surface area contributed by atoms with Crippen molar-refractivity contribution in [2.45, 2.75) is 72.1 Å². The highest BCUT2D eigenvalue weighted by Crippen LogP contribution is 2.13. The summed E-state index contributed by atoms with van der Waals surface area (Å²) >= 11 is 2.15. The summed E-state index contributed by atoms with van der Waals surface area (Å²) < 4.78 is 5.00. The molecule has 0 bridgehead atoms. The molecule has 0 radical (unpaired) electrons. The van der Waals surface area contributed by atoms with E-state index in [4.69, 9.17) is 4.74 Å². The molecule has 1 rings (SSSR count). The quantitative estimate of drug-likeness (QED) is 0.325. The number of hydrogen-bond acceptors (Lipinski definition) is 4. The molecule has 2 N–H and O–H groups in total. The van der Waals surface area contributed by atoms with Crippen LogP contribution in [0.1, 0.15) is 59.6 Å². The number of nitrogens with one attached hydrogen (secondary N) is 2. The van der Waals surface area contributed by atoms with E-state index in [0.717, 1.165) is 18.4 Å². The van der Waals surface area contributed by atoms with Crippen molar-refractivity contribution in [3.05, 3.63) is 35.4 Å². The van der Waals surface area contributed by atoms with E-state index in [0.29, 0.717) is 0 Å². The summed E-state index contributed by atoms with van der Waals surface area (Å²) in [7, 11) is 1.48. The van der Waals surface area contributed by atoms with Gasteiger partial charge in [-0.1, -0.05) is 18.1 Å². The summed E-state index contributed by atoms with van der Waals surface area (Å²) in [5, 5.41) is 8.39. The molecule has 0 fully saturated rings. The van der Waals surface area contributed by atoms with Crippen LogP contribution in [-0.4, -0.2) is 29.7 Å². The van der Waals surface area contributed by atoms with Crippen molar-refractivity contribution in [2.75, 3.05) is 0 Å². The summed E-state index contributed by atoms with van der Waals surface area (Å²) in [5.41, 5.74) is 1.59. The van der Waals surface area contributed by atoms with Crippen LogP contribution in [0.5, 0.6) is 0 Å². The first-order valence-electron chi connectivity index (χ1n) is 8.97. The molecule has 0 saturated heterocycles. The monoisotopic (exact) mass is 518 g/mol. The van der Waals surface area contributed by atoms with Crippen molar-refractivity contribution in [3.8, 4) is 11.2 Å². The Hall–Kier alpha value is -1.40. The SMILES string of the molecule is CC(C)(Cc1ccc(C#CSI)cc1)NC=O.CC(C)NC(=O)OC(C)(C)C. The molecule has 0 aromatic heterocycles. The van der Waals surface area contributed by atoms with Crippen LogP contribution in [0.25, 0.3) is 0 Å². The van der Waals surface area contributed by atoms with Crippen molar-refractivity contribution in [2.24, 2.45) is 0 Å². The van der Waals surface area contributed by atoms with Crippen molar-refractivity contribution >= 4 is 42.6 Å². The lowest BCUT2D eigenvalue weighted by atomic mass is 9.95. The molecule has 0 heterocycles. The number of amides is 2. The Balaban J connectivity index is 0.000000576. The zero-order valence-electron chi connectivity index (χ0n) is 17.7. The molecule has 2 amide bonds. The Morgan fingerprint density at radius 1 is 1.21 bits per heavy atom. The number of halogens is 1. The average Bonchev–Trinajstić information content (AvgIpc) is 2.51. The third kappa shape index (κ3) is 14.6. The summed E-state index contributed by atoms with van der Waals surface area (Å²) in [6, 6.07) is 8.25. The summed E-state index contributed by atoms with van der Waals surface area (Å²) in [6.45, 7) is 13.3. The zero-order valence-corrected chi connectivity index (χ0v) is 20.7. The Labute approximate surface area is 185 Å². The fraction of sp³-hybridized carbons (Fsp3) is 0.524. The molecular weight excluding hydrogens is 487 g/mol. The molecule has 156 valence electrons. The summed E-state index contributed by atoms with van der Waals surface area (Å²) in [5.74, 6) is 3.04. The molecule has 7 heteroatoms. The molecule has 0 aliphatic rings. The fourth-order valence-electron chi connectivity index (χ4n) is 2.05. The second-order valence-electron chi connectivity index (χ2n) is 8.12. The number of ether oxygens (including phenoxy) is 1. The molecule has 0 unspecified atom stereocenters. The van der Waals surface area contributed by atoms with Crippen LogP contribution in [0.15, 0.2) is 24.3 Å². The Morgan fingerprint density at radius 2 is 1.79 bits per heavy atom. The molecule has 0 aliphatic carbocycles. The van der Waals surface area contributed by atoms with E-state index in [-0.39, 0.29) is 17.7 Å². The van der Waals surface area contributed by atoms with Crippen molar-refractivity contribution in [1.82, 2.24) is 10.6 Å². The van der Waals surface area contributed by atoms with E-state index in [1.54, 1.807) is 0 Å². The molecule has 0 atom stereocenters. The Kier molecular flexibility index (Phi) is 12.3. The average molecular weight is 518 g/mol. The molecule has 0 aliphatic heterocycles. The first-order chi connectivity index (χ1) is 12.9. The van der Waals surface area contributed by atoms with Crippen molar-refractivity contribution < 1.29 is 14.3 Å². The van der Waals surface area contributed by atoms with Gasteiger partial charge in [0, 0.05) is 38.3 Å². The first kappa shape index (κ1) is 26.6. The molecule has 1 aromatic carbocycles. The minimum absolute atomic E-state index is 0.129. The van der Waals surface area contributed by atoms with E-state index in [1.165, 1.54) is 14.5 Å². The third-order valence-electron chi connectivity index (χ3n) is 3.09. The van der Waals surface area contributed by atoms with Crippen LogP contribution in [0.2, 0.25) is 0 Å². The van der Waals surface area contributed by atoms with E-state index < -0.39 is 5.60 Å². The van der Waals surface area contributed by atoms with Gasteiger partial charge in [0.15, 0.2) is 0 Å². The van der Waals surface area contributed by atoms with E-state index in [1.807, 2.05) is 60.6 Å². The van der Waals surface area contributed by atoms with E-state index in [9.17, 15) is 9.59 Å². The van der Waals surface area contributed by atoms with Gasteiger partial charge in [-0.2, -0.15) is 0 Å². The van der Waals surface area contributed by atoms with Gasteiger partial charge < -0.3 is 15.4 Å². The highest BCUT2D eigenvalue weighted by molar-refractivity contribution is 14.2.